The number of furan rings is 1. The standard InChI is InChI=1S/C13H15N3O2/c1-9-2-3-11-10(15-9)8-12(18-11)13(14)16-4-6-17-7-5-16/h2-3,8,14H,4-7H2,1H3. The van der Waals surface area contributed by atoms with Crippen LogP contribution in [0.1, 0.15) is 11.5 Å². The SMILES string of the molecule is Cc1ccc2oc(C(=N)N3CCOCC3)cc2n1. The highest BCUT2D eigenvalue weighted by Gasteiger charge is 2.18. The first kappa shape index (κ1) is 11.2. The maximum Gasteiger partial charge on any atom is 0.171 e. The summed E-state index contributed by atoms with van der Waals surface area (Å²) in [5, 5.41) is 8.16. The van der Waals surface area contributed by atoms with Crippen LogP contribution in [0.3, 0.4) is 0 Å². The summed E-state index contributed by atoms with van der Waals surface area (Å²) in [5.41, 5.74) is 2.49. The van der Waals surface area contributed by atoms with Crippen LogP contribution in [-0.4, -0.2) is 42.0 Å². The molecule has 0 bridgehead atoms. The van der Waals surface area contributed by atoms with Crippen LogP contribution in [0.25, 0.3) is 11.1 Å². The molecule has 5 nitrogen and oxygen atoms in total. The van der Waals surface area contributed by atoms with Gasteiger partial charge in [0.2, 0.25) is 0 Å². The molecule has 18 heavy (non-hydrogen) atoms. The summed E-state index contributed by atoms with van der Waals surface area (Å²) in [6.07, 6.45) is 0. The van der Waals surface area contributed by atoms with E-state index < -0.39 is 0 Å². The molecular formula is C13H15N3O2. The van der Waals surface area contributed by atoms with Gasteiger partial charge in [-0.2, -0.15) is 0 Å². The monoisotopic (exact) mass is 245 g/mol. The van der Waals surface area contributed by atoms with Gasteiger partial charge >= 0.3 is 0 Å². The lowest BCUT2D eigenvalue weighted by atomic mass is 10.3. The van der Waals surface area contributed by atoms with Crippen LogP contribution in [0.15, 0.2) is 22.6 Å². The van der Waals surface area contributed by atoms with Gasteiger partial charge in [-0.25, -0.2) is 4.98 Å². The Morgan fingerprint density at radius 3 is 2.89 bits per heavy atom. The summed E-state index contributed by atoms with van der Waals surface area (Å²) in [4.78, 5) is 6.36. The van der Waals surface area contributed by atoms with Gasteiger partial charge in [-0.1, -0.05) is 0 Å². The number of aromatic nitrogens is 1. The molecule has 3 heterocycles. The molecule has 0 aliphatic carbocycles. The Morgan fingerprint density at radius 1 is 1.33 bits per heavy atom. The van der Waals surface area contributed by atoms with Gasteiger partial charge in [0.15, 0.2) is 17.2 Å². The quantitative estimate of drug-likeness (QED) is 0.614. The van der Waals surface area contributed by atoms with Gasteiger partial charge < -0.3 is 14.1 Å². The number of amidine groups is 1. The molecule has 1 N–H and O–H groups in total. The van der Waals surface area contributed by atoms with Gasteiger partial charge in [0, 0.05) is 24.8 Å². The van der Waals surface area contributed by atoms with Gasteiger partial charge in [0.25, 0.3) is 0 Å². The molecule has 0 unspecified atom stereocenters. The predicted molar refractivity (Wildman–Crippen MR) is 68.0 cm³/mol. The Labute approximate surface area is 105 Å². The maximum absolute atomic E-state index is 8.16. The van der Waals surface area contributed by atoms with E-state index in [0.29, 0.717) is 24.8 Å². The fourth-order valence-electron chi connectivity index (χ4n) is 2.09. The van der Waals surface area contributed by atoms with Crippen molar-refractivity contribution in [2.75, 3.05) is 26.3 Å². The molecule has 0 spiro atoms. The zero-order chi connectivity index (χ0) is 12.5. The number of fused-ring (bicyclic) bond motifs is 1. The van der Waals surface area contributed by atoms with Crippen molar-refractivity contribution in [1.29, 1.82) is 5.41 Å². The van der Waals surface area contributed by atoms with Gasteiger partial charge in [-0.3, -0.25) is 5.41 Å². The van der Waals surface area contributed by atoms with E-state index in [1.165, 1.54) is 0 Å². The number of ether oxygens (including phenoxy) is 1. The van der Waals surface area contributed by atoms with E-state index in [1.54, 1.807) is 0 Å². The fraction of sp³-hybridized carbons (Fsp3) is 0.385. The third-order valence-electron chi connectivity index (χ3n) is 3.07. The minimum atomic E-state index is 0.411. The van der Waals surface area contributed by atoms with E-state index in [1.807, 2.05) is 30.0 Å². The normalized spacial score (nSPS) is 16.2. The second-order valence-corrected chi connectivity index (χ2v) is 4.39. The van der Waals surface area contributed by atoms with Crippen molar-refractivity contribution in [1.82, 2.24) is 9.88 Å². The second kappa shape index (κ2) is 4.42. The summed E-state index contributed by atoms with van der Waals surface area (Å²) in [6, 6.07) is 5.64. The summed E-state index contributed by atoms with van der Waals surface area (Å²) >= 11 is 0. The van der Waals surface area contributed by atoms with E-state index in [-0.39, 0.29) is 0 Å². The topological polar surface area (TPSA) is 62.4 Å². The minimum absolute atomic E-state index is 0.411. The van der Waals surface area contributed by atoms with Crippen LogP contribution in [0, 0.1) is 12.3 Å². The minimum Gasteiger partial charge on any atom is -0.451 e. The van der Waals surface area contributed by atoms with Crippen LogP contribution < -0.4 is 0 Å². The van der Waals surface area contributed by atoms with Crippen molar-refractivity contribution in [3.05, 3.63) is 29.7 Å². The van der Waals surface area contributed by atoms with Crippen LogP contribution in [0.2, 0.25) is 0 Å². The summed E-state index contributed by atoms with van der Waals surface area (Å²) in [5.74, 6) is 0.985. The molecule has 5 heteroatoms. The highest BCUT2D eigenvalue weighted by molar-refractivity contribution is 5.97. The Balaban J connectivity index is 1.91. The average Bonchev–Trinajstić information content (AvgIpc) is 2.81. The maximum atomic E-state index is 8.16. The van der Waals surface area contributed by atoms with Gasteiger partial charge in [-0.05, 0) is 19.1 Å². The molecular weight excluding hydrogens is 230 g/mol. The van der Waals surface area contributed by atoms with Crippen molar-refractivity contribution in [3.63, 3.8) is 0 Å². The number of nitrogens with zero attached hydrogens (tertiary/aromatic N) is 2. The van der Waals surface area contributed by atoms with Crippen LogP contribution >= 0.6 is 0 Å². The highest BCUT2D eigenvalue weighted by atomic mass is 16.5. The fourth-order valence-corrected chi connectivity index (χ4v) is 2.09. The molecule has 1 saturated heterocycles. The Bertz CT molecular complexity index is 585. The first-order valence-electron chi connectivity index (χ1n) is 6.03. The van der Waals surface area contributed by atoms with E-state index in [0.717, 1.165) is 29.9 Å². The molecule has 1 aliphatic rings. The lowest BCUT2D eigenvalue weighted by Crippen LogP contribution is -2.40. The first-order valence-corrected chi connectivity index (χ1v) is 6.03. The van der Waals surface area contributed by atoms with Gasteiger partial charge in [-0.15, -0.1) is 0 Å². The number of aryl methyl sites for hydroxylation is 1. The Morgan fingerprint density at radius 2 is 2.11 bits per heavy atom. The molecule has 0 aromatic carbocycles. The highest BCUT2D eigenvalue weighted by Crippen LogP contribution is 2.19. The van der Waals surface area contributed by atoms with E-state index in [9.17, 15) is 0 Å². The zero-order valence-corrected chi connectivity index (χ0v) is 10.3. The third kappa shape index (κ3) is 1.97. The number of hydrogen-bond donors (Lipinski definition) is 1. The Kier molecular flexibility index (Phi) is 2.76. The number of pyridine rings is 1. The molecule has 1 fully saturated rings. The van der Waals surface area contributed by atoms with Crippen molar-refractivity contribution < 1.29 is 9.15 Å². The molecule has 2 aromatic rings. The largest absolute Gasteiger partial charge is 0.451 e. The second-order valence-electron chi connectivity index (χ2n) is 4.39. The molecule has 0 amide bonds. The predicted octanol–water partition coefficient (Wildman–Crippen LogP) is 1.79. The first-order chi connectivity index (χ1) is 8.74. The number of rotatable bonds is 1. The number of nitrogens with one attached hydrogen (secondary N) is 1. The number of hydrogen-bond acceptors (Lipinski definition) is 4. The van der Waals surface area contributed by atoms with Crippen molar-refractivity contribution >= 4 is 16.9 Å². The van der Waals surface area contributed by atoms with Crippen LogP contribution in [-0.2, 0) is 4.74 Å². The summed E-state index contributed by atoms with van der Waals surface area (Å²) in [6.45, 7) is 4.75. The van der Waals surface area contributed by atoms with E-state index in [2.05, 4.69) is 4.98 Å². The molecule has 2 aromatic heterocycles. The van der Waals surface area contributed by atoms with E-state index >= 15 is 0 Å². The summed E-state index contributed by atoms with van der Waals surface area (Å²) in [7, 11) is 0. The van der Waals surface area contributed by atoms with E-state index in [4.69, 9.17) is 14.6 Å². The third-order valence-corrected chi connectivity index (χ3v) is 3.07. The zero-order valence-electron chi connectivity index (χ0n) is 10.3. The molecule has 0 saturated carbocycles. The molecule has 0 radical (unpaired) electrons. The van der Waals surface area contributed by atoms with Gasteiger partial charge in [0.05, 0.1) is 13.2 Å². The van der Waals surface area contributed by atoms with Crippen molar-refractivity contribution in [2.45, 2.75) is 6.92 Å². The van der Waals surface area contributed by atoms with Gasteiger partial charge in [0.1, 0.15) is 5.52 Å². The average molecular weight is 245 g/mol. The van der Waals surface area contributed by atoms with Crippen LogP contribution in [0.4, 0.5) is 0 Å². The van der Waals surface area contributed by atoms with Crippen molar-refractivity contribution in [3.8, 4) is 0 Å². The molecule has 1 aliphatic heterocycles. The lowest BCUT2D eigenvalue weighted by molar-refractivity contribution is 0.0675. The molecule has 94 valence electrons. The van der Waals surface area contributed by atoms with Crippen LogP contribution in [0.5, 0.6) is 0 Å². The number of morpholine rings is 1. The summed E-state index contributed by atoms with van der Waals surface area (Å²) < 4.78 is 10.9. The molecule has 0 atom stereocenters. The molecule has 3 rings (SSSR count). The Hall–Kier alpha value is -1.88. The lowest BCUT2D eigenvalue weighted by Gasteiger charge is -2.27. The van der Waals surface area contributed by atoms with Crippen molar-refractivity contribution in [2.24, 2.45) is 0 Å². The smallest absolute Gasteiger partial charge is 0.171 e.